The van der Waals surface area contributed by atoms with Crippen molar-refractivity contribution in [3.05, 3.63) is 73.3 Å². The molecule has 3 aromatic rings. The Hall–Kier alpha value is -4.17. The molecule has 0 spiro atoms. The van der Waals surface area contributed by atoms with Crippen LogP contribution in [0.4, 0.5) is 43.7 Å². The van der Waals surface area contributed by atoms with Crippen molar-refractivity contribution in [1.82, 2.24) is 15.3 Å². The monoisotopic (exact) mass is 652 g/mol. The lowest BCUT2D eigenvalue weighted by Gasteiger charge is -2.41. The van der Waals surface area contributed by atoms with Gasteiger partial charge in [-0.3, -0.25) is 14.4 Å². The van der Waals surface area contributed by atoms with Crippen LogP contribution in [0.15, 0.2) is 39.9 Å². The predicted molar refractivity (Wildman–Crippen MR) is 160 cm³/mol. The lowest BCUT2D eigenvalue weighted by molar-refractivity contribution is -0.144. The van der Waals surface area contributed by atoms with Crippen molar-refractivity contribution in [2.75, 3.05) is 48.3 Å². The van der Waals surface area contributed by atoms with E-state index in [1.165, 1.54) is 23.1 Å². The standard InChI is InChI=1S/C31H34F6N6O3/c1-38-25-21(26(44)27(25)45)4-2-3-18-10-14-42(15-11-18)23-17-24(41-29(40-23)31(35,36)37)43-16-12-22(43)28(46)39-13-9-19-5-7-20(8-6-19)30(32,33)34/h5-8,17-18,22,38H,2-4,9-16H2,1H3,(H,39,46)/t22-/m0/s1. The Morgan fingerprint density at radius 1 is 0.891 bits per heavy atom. The van der Waals surface area contributed by atoms with Crippen molar-refractivity contribution < 1.29 is 31.1 Å². The molecule has 0 radical (unpaired) electrons. The Morgan fingerprint density at radius 2 is 1.57 bits per heavy atom. The second-order valence-electron chi connectivity index (χ2n) is 11.7. The molecule has 1 aromatic heterocycles. The predicted octanol–water partition coefficient (Wildman–Crippen LogP) is 4.33. The van der Waals surface area contributed by atoms with E-state index in [0.717, 1.165) is 37.8 Å². The molecule has 2 aliphatic rings. The molecule has 3 heterocycles. The van der Waals surface area contributed by atoms with Gasteiger partial charge in [-0.2, -0.15) is 26.3 Å². The van der Waals surface area contributed by atoms with Crippen molar-refractivity contribution >= 4 is 23.2 Å². The van der Waals surface area contributed by atoms with E-state index in [-0.39, 0.29) is 24.6 Å². The van der Waals surface area contributed by atoms with Crippen LogP contribution in [0.25, 0.3) is 0 Å². The van der Waals surface area contributed by atoms with Gasteiger partial charge in [0.15, 0.2) is 0 Å². The molecule has 2 fully saturated rings. The fraction of sp³-hybridized carbons (Fsp3) is 0.516. The van der Waals surface area contributed by atoms with Crippen LogP contribution < -0.4 is 31.3 Å². The molecule has 0 saturated carbocycles. The SMILES string of the molecule is CNc1c(CCCC2CCN(c3cc(N4CC[C@H]4C(=O)NCCc4ccc(C(F)(F)F)cc4)nc(C(F)(F)F)n3)CC2)c(=O)c1=O. The fourth-order valence-electron chi connectivity index (χ4n) is 6.06. The molecule has 5 rings (SSSR count). The molecule has 0 unspecified atom stereocenters. The van der Waals surface area contributed by atoms with Crippen LogP contribution in [0, 0.1) is 5.92 Å². The maximum Gasteiger partial charge on any atom is 0.451 e. The highest BCUT2D eigenvalue weighted by atomic mass is 19.4. The minimum atomic E-state index is -4.80. The van der Waals surface area contributed by atoms with E-state index < -0.39 is 46.5 Å². The molecular weight excluding hydrogens is 618 g/mol. The highest BCUT2D eigenvalue weighted by Crippen LogP contribution is 2.35. The van der Waals surface area contributed by atoms with Crippen molar-refractivity contribution in [3.8, 4) is 0 Å². The lowest BCUT2D eigenvalue weighted by atomic mass is 9.90. The molecule has 2 aromatic carbocycles. The zero-order valence-corrected chi connectivity index (χ0v) is 25.1. The van der Waals surface area contributed by atoms with Gasteiger partial charge in [-0.25, -0.2) is 9.97 Å². The second-order valence-corrected chi connectivity index (χ2v) is 11.7. The largest absolute Gasteiger partial charge is 0.451 e. The number of rotatable bonds is 11. The number of hydrogen-bond acceptors (Lipinski definition) is 8. The first kappa shape index (κ1) is 33.2. The number of halogens is 6. The van der Waals surface area contributed by atoms with E-state index in [1.54, 1.807) is 11.9 Å². The Labute approximate surface area is 260 Å². The summed E-state index contributed by atoms with van der Waals surface area (Å²) < 4.78 is 79.8. The number of nitrogens with zero attached hydrogens (tertiary/aromatic N) is 4. The molecular formula is C31H34F6N6O3. The van der Waals surface area contributed by atoms with Crippen LogP contribution in [-0.4, -0.2) is 55.1 Å². The Morgan fingerprint density at radius 3 is 2.15 bits per heavy atom. The molecule has 2 aliphatic heterocycles. The summed E-state index contributed by atoms with van der Waals surface area (Å²) in [5, 5.41) is 5.49. The first-order valence-electron chi connectivity index (χ1n) is 15.2. The maximum absolute atomic E-state index is 13.8. The number of alkyl halides is 6. The second kappa shape index (κ2) is 13.3. The van der Waals surface area contributed by atoms with E-state index in [0.29, 0.717) is 55.2 Å². The van der Waals surface area contributed by atoms with Crippen molar-refractivity contribution in [2.24, 2.45) is 5.92 Å². The lowest BCUT2D eigenvalue weighted by Crippen LogP contribution is -2.57. The van der Waals surface area contributed by atoms with E-state index in [4.69, 9.17) is 0 Å². The van der Waals surface area contributed by atoms with Gasteiger partial charge in [0.2, 0.25) is 22.6 Å². The van der Waals surface area contributed by atoms with Crippen LogP contribution in [0.2, 0.25) is 0 Å². The number of hydrogen-bond donors (Lipinski definition) is 2. The summed E-state index contributed by atoms with van der Waals surface area (Å²) in [6.07, 6.45) is -5.05. The van der Waals surface area contributed by atoms with Gasteiger partial charge in [0.05, 0.1) is 11.3 Å². The highest BCUT2D eigenvalue weighted by molar-refractivity contribution is 5.86. The van der Waals surface area contributed by atoms with E-state index in [2.05, 4.69) is 20.6 Å². The molecule has 15 heteroatoms. The minimum absolute atomic E-state index is 0.00177. The number of amides is 1. The third-order valence-corrected chi connectivity index (χ3v) is 8.80. The molecule has 2 N–H and O–H groups in total. The molecule has 9 nitrogen and oxygen atoms in total. The quantitative estimate of drug-likeness (QED) is 0.233. The third-order valence-electron chi connectivity index (χ3n) is 8.80. The number of benzene rings is 1. The van der Waals surface area contributed by atoms with Crippen LogP contribution in [0.5, 0.6) is 0 Å². The fourth-order valence-corrected chi connectivity index (χ4v) is 6.06. The molecule has 1 atom stereocenters. The van der Waals surface area contributed by atoms with Crippen LogP contribution in [0.3, 0.4) is 0 Å². The zero-order valence-electron chi connectivity index (χ0n) is 25.1. The number of carbonyl (C=O) groups is 1. The maximum atomic E-state index is 13.8. The van der Waals surface area contributed by atoms with Gasteiger partial charge < -0.3 is 20.4 Å². The van der Waals surface area contributed by atoms with E-state index in [1.807, 2.05) is 0 Å². The Balaban J connectivity index is 1.17. The average Bonchev–Trinajstić information content (AvgIpc) is 2.99. The van der Waals surface area contributed by atoms with Crippen molar-refractivity contribution in [2.45, 2.75) is 63.3 Å². The van der Waals surface area contributed by atoms with Crippen LogP contribution in [0.1, 0.15) is 54.6 Å². The number of nitrogens with one attached hydrogen (secondary N) is 2. The smallest absolute Gasteiger partial charge is 0.385 e. The van der Waals surface area contributed by atoms with Crippen molar-refractivity contribution in [3.63, 3.8) is 0 Å². The molecule has 46 heavy (non-hydrogen) atoms. The van der Waals surface area contributed by atoms with E-state index in [9.17, 15) is 40.7 Å². The van der Waals surface area contributed by atoms with Gasteiger partial charge >= 0.3 is 12.4 Å². The van der Waals surface area contributed by atoms with Gasteiger partial charge in [0.1, 0.15) is 17.7 Å². The summed E-state index contributed by atoms with van der Waals surface area (Å²) in [5.74, 6) is -1.24. The normalized spacial score (nSPS) is 17.7. The summed E-state index contributed by atoms with van der Waals surface area (Å²) in [7, 11) is 1.60. The number of piperidine rings is 1. The molecule has 0 bridgehead atoms. The Bertz CT molecular complexity index is 1610. The van der Waals surface area contributed by atoms with Gasteiger partial charge in [-0.05, 0) is 68.6 Å². The first-order chi connectivity index (χ1) is 21.8. The average molecular weight is 653 g/mol. The number of anilines is 3. The zero-order chi connectivity index (χ0) is 33.2. The summed E-state index contributed by atoms with van der Waals surface area (Å²) in [4.78, 5) is 47.1. The van der Waals surface area contributed by atoms with Crippen LogP contribution in [-0.2, 0) is 30.0 Å². The van der Waals surface area contributed by atoms with Gasteiger partial charge in [0, 0.05) is 44.9 Å². The first-order valence-corrected chi connectivity index (χ1v) is 15.2. The van der Waals surface area contributed by atoms with Crippen molar-refractivity contribution in [1.29, 1.82) is 0 Å². The summed E-state index contributed by atoms with van der Waals surface area (Å²) in [6, 6.07) is 5.36. The highest BCUT2D eigenvalue weighted by Gasteiger charge is 2.40. The van der Waals surface area contributed by atoms with Gasteiger partial charge in [0.25, 0.3) is 0 Å². The van der Waals surface area contributed by atoms with Gasteiger partial charge in [-0.15, -0.1) is 0 Å². The molecule has 2 saturated heterocycles. The molecule has 248 valence electrons. The summed E-state index contributed by atoms with van der Waals surface area (Å²) in [6.45, 7) is 1.43. The molecule has 1 amide bonds. The number of carbonyl (C=O) groups excluding carboxylic acids is 1. The summed E-state index contributed by atoms with van der Waals surface area (Å²) >= 11 is 0. The number of aromatic nitrogens is 2. The Kier molecular flexibility index (Phi) is 9.59. The van der Waals surface area contributed by atoms with Crippen LogP contribution >= 0.6 is 0 Å². The minimum Gasteiger partial charge on any atom is -0.385 e. The van der Waals surface area contributed by atoms with E-state index >= 15 is 0 Å². The third kappa shape index (κ3) is 7.28. The molecule has 0 aliphatic carbocycles. The van der Waals surface area contributed by atoms with Gasteiger partial charge in [-0.1, -0.05) is 12.1 Å². The topological polar surface area (TPSA) is 108 Å². The summed E-state index contributed by atoms with van der Waals surface area (Å²) in [5.41, 5.74) is -0.205.